The third kappa shape index (κ3) is 4.30. The first-order valence-electron chi connectivity index (χ1n) is 8.28. The fourth-order valence-electron chi connectivity index (χ4n) is 2.77. The van der Waals surface area contributed by atoms with E-state index < -0.39 is 0 Å². The van der Waals surface area contributed by atoms with Crippen LogP contribution in [0.4, 0.5) is 16.0 Å². The van der Waals surface area contributed by atoms with E-state index in [1.54, 1.807) is 6.07 Å². The zero-order chi connectivity index (χ0) is 17.8. The molecule has 2 heterocycles. The number of nitrogens with zero attached hydrogens (tertiary/aromatic N) is 4. The van der Waals surface area contributed by atoms with Crippen molar-refractivity contribution in [3.63, 3.8) is 0 Å². The molecular formula is C18H22FN5O. The number of aryl methyl sites for hydroxylation is 2. The first-order valence-corrected chi connectivity index (χ1v) is 8.28. The Labute approximate surface area is 146 Å². The van der Waals surface area contributed by atoms with Crippen LogP contribution >= 0.6 is 0 Å². The second-order valence-electron chi connectivity index (χ2n) is 6.05. The van der Waals surface area contributed by atoms with Gasteiger partial charge in [-0.1, -0.05) is 6.07 Å². The van der Waals surface area contributed by atoms with Crippen LogP contribution in [0.1, 0.15) is 23.9 Å². The van der Waals surface area contributed by atoms with Crippen molar-refractivity contribution >= 4 is 17.3 Å². The van der Waals surface area contributed by atoms with Gasteiger partial charge in [-0.15, -0.1) is 0 Å². The van der Waals surface area contributed by atoms with Crippen molar-refractivity contribution in [2.24, 2.45) is 5.10 Å². The molecule has 7 heteroatoms. The summed E-state index contributed by atoms with van der Waals surface area (Å²) < 4.78 is 19.8. The number of halogens is 1. The van der Waals surface area contributed by atoms with Gasteiger partial charge in [-0.25, -0.2) is 19.8 Å². The second kappa shape index (κ2) is 7.57. The number of ether oxygens (including phenoxy) is 1. The highest BCUT2D eigenvalue weighted by Crippen LogP contribution is 2.22. The number of nitrogens with one attached hydrogen (secondary N) is 1. The highest BCUT2D eigenvalue weighted by Gasteiger charge is 2.15. The van der Waals surface area contributed by atoms with Gasteiger partial charge >= 0.3 is 0 Å². The molecule has 0 bridgehead atoms. The van der Waals surface area contributed by atoms with Crippen LogP contribution in [0.2, 0.25) is 0 Å². The monoisotopic (exact) mass is 343 g/mol. The zero-order valence-corrected chi connectivity index (χ0v) is 14.7. The van der Waals surface area contributed by atoms with Gasteiger partial charge in [0.2, 0.25) is 5.95 Å². The molecule has 25 heavy (non-hydrogen) atoms. The number of morpholine rings is 1. The molecule has 0 spiro atoms. The molecular weight excluding hydrogens is 321 g/mol. The van der Waals surface area contributed by atoms with E-state index in [0.717, 1.165) is 11.4 Å². The van der Waals surface area contributed by atoms with E-state index in [4.69, 9.17) is 4.74 Å². The van der Waals surface area contributed by atoms with Gasteiger partial charge in [-0.2, -0.15) is 5.10 Å². The average molecular weight is 343 g/mol. The molecule has 6 nitrogen and oxygen atoms in total. The summed E-state index contributed by atoms with van der Waals surface area (Å²) in [4.78, 5) is 10.5. The van der Waals surface area contributed by atoms with Crippen molar-refractivity contribution in [2.45, 2.75) is 20.8 Å². The molecule has 1 fully saturated rings. The van der Waals surface area contributed by atoms with Crippen LogP contribution in [-0.2, 0) is 4.74 Å². The van der Waals surface area contributed by atoms with Gasteiger partial charge in [0.25, 0.3) is 0 Å². The Morgan fingerprint density at radius 3 is 2.48 bits per heavy atom. The predicted molar refractivity (Wildman–Crippen MR) is 96.8 cm³/mol. The van der Waals surface area contributed by atoms with Gasteiger partial charge in [-0.3, -0.25) is 0 Å². The maximum Gasteiger partial charge on any atom is 0.243 e. The summed E-state index contributed by atoms with van der Waals surface area (Å²) in [5, 5.41) is 4.27. The summed E-state index contributed by atoms with van der Waals surface area (Å²) in [5.41, 5.74) is 6.55. The molecule has 2 aromatic rings. The number of hydrogen-bond acceptors (Lipinski definition) is 6. The molecule has 3 rings (SSSR count). The van der Waals surface area contributed by atoms with E-state index in [0.29, 0.717) is 49.2 Å². The molecule has 1 saturated heterocycles. The molecule has 0 unspecified atom stereocenters. The summed E-state index contributed by atoms with van der Waals surface area (Å²) in [5.74, 6) is 0.179. The topological polar surface area (TPSA) is 62.6 Å². The lowest BCUT2D eigenvalue weighted by molar-refractivity contribution is 0.122. The molecule has 1 N–H and O–H groups in total. The zero-order valence-electron chi connectivity index (χ0n) is 14.7. The maximum atomic E-state index is 14.5. The van der Waals surface area contributed by atoms with Gasteiger partial charge < -0.3 is 9.64 Å². The number of hydrogen-bond donors (Lipinski definition) is 1. The molecule has 1 aromatic carbocycles. The molecule has 0 saturated carbocycles. The maximum absolute atomic E-state index is 14.5. The third-order valence-corrected chi connectivity index (χ3v) is 4.02. The predicted octanol–water partition coefficient (Wildman–Crippen LogP) is 2.91. The minimum absolute atomic E-state index is 0.253. The summed E-state index contributed by atoms with van der Waals surface area (Å²) in [6, 6.07) is 7.06. The molecule has 0 radical (unpaired) electrons. The second-order valence-corrected chi connectivity index (χ2v) is 6.05. The quantitative estimate of drug-likeness (QED) is 0.683. The third-order valence-electron chi connectivity index (χ3n) is 4.02. The lowest BCUT2D eigenvalue weighted by Crippen LogP contribution is -2.36. The normalized spacial score (nSPS) is 15.4. The van der Waals surface area contributed by atoms with Gasteiger partial charge in [0, 0.05) is 30.0 Å². The van der Waals surface area contributed by atoms with E-state index in [2.05, 4.69) is 20.5 Å². The van der Waals surface area contributed by atoms with E-state index >= 15 is 0 Å². The van der Waals surface area contributed by atoms with Gasteiger partial charge in [0.1, 0.15) is 5.82 Å². The van der Waals surface area contributed by atoms with Gasteiger partial charge in [-0.05, 0) is 39.0 Å². The fourth-order valence-corrected chi connectivity index (χ4v) is 2.77. The Balaban J connectivity index is 1.75. The van der Waals surface area contributed by atoms with Crippen LogP contribution < -0.4 is 10.3 Å². The summed E-state index contributed by atoms with van der Waals surface area (Å²) in [6.07, 6.45) is 0. The first-order chi connectivity index (χ1) is 12.0. The molecule has 1 aliphatic rings. The Hall–Kier alpha value is -2.54. The molecule has 0 aliphatic carbocycles. The van der Waals surface area contributed by atoms with Crippen molar-refractivity contribution in [3.05, 3.63) is 47.0 Å². The molecule has 0 atom stereocenters. The summed E-state index contributed by atoms with van der Waals surface area (Å²) in [6.45, 7) is 8.28. The molecule has 1 aliphatic heterocycles. The lowest BCUT2D eigenvalue weighted by atomic mass is 10.1. The minimum Gasteiger partial charge on any atom is -0.378 e. The molecule has 1 aromatic heterocycles. The average Bonchev–Trinajstić information content (AvgIpc) is 2.59. The highest BCUT2D eigenvalue weighted by molar-refractivity contribution is 5.99. The minimum atomic E-state index is -0.253. The standard InChI is InChI=1S/C18H22FN5O/c1-12-10-13(2)21-18(20-12)23-22-14(3)15-4-5-17(16(19)11-15)24-6-8-25-9-7-24/h4-5,10-11H,6-9H2,1-3H3,(H,20,21,23)/b22-14+. The van der Waals surface area contributed by atoms with Crippen molar-refractivity contribution in [1.29, 1.82) is 0 Å². The van der Waals surface area contributed by atoms with Crippen LogP contribution in [0.15, 0.2) is 29.4 Å². The van der Waals surface area contributed by atoms with Crippen molar-refractivity contribution in [2.75, 3.05) is 36.6 Å². The Bertz CT molecular complexity index is 767. The van der Waals surface area contributed by atoms with Crippen LogP contribution in [0.3, 0.4) is 0 Å². The van der Waals surface area contributed by atoms with Crippen LogP contribution in [-0.4, -0.2) is 42.0 Å². The van der Waals surface area contributed by atoms with Crippen LogP contribution in [0, 0.1) is 19.7 Å². The van der Waals surface area contributed by atoms with Gasteiger partial charge in [0.05, 0.1) is 24.6 Å². The summed E-state index contributed by atoms with van der Waals surface area (Å²) in [7, 11) is 0. The van der Waals surface area contributed by atoms with Crippen molar-refractivity contribution in [3.8, 4) is 0 Å². The Kier molecular flexibility index (Phi) is 5.23. The Morgan fingerprint density at radius 1 is 1.16 bits per heavy atom. The highest BCUT2D eigenvalue weighted by atomic mass is 19.1. The smallest absolute Gasteiger partial charge is 0.243 e. The number of hydrazone groups is 1. The van der Waals surface area contributed by atoms with E-state index in [-0.39, 0.29) is 5.82 Å². The van der Waals surface area contributed by atoms with Crippen LogP contribution in [0.5, 0.6) is 0 Å². The molecule has 132 valence electrons. The fraction of sp³-hybridized carbons (Fsp3) is 0.389. The first kappa shape index (κ1) is 17.3. The van der Waals surface area contributed by atoms with Gasteiger partial charge in [0.15, 0.2) is 0 Å². The lowest BCUT2D eigenvalue weighted by Gasteiger charge is -2.29. The summed E-state index contributed by atoms with van der Waals surface area (Å²) >= 11 is 0. The van der Waals surface area contributed by atoms with E-state index in [1.165, 1.54) is 6.07 Å². The van der Waals surface area contributed by atoms with E-state index in [1.807, 2.05) is 37.8 Å². The number of aromatic nitrogens is 2. The van der Waals surface area contributed by atoms with Crippen LogP contribution in [0.25, 0.3) is 0 Å². The Morgan fingerprint density at radius 2 is 1.84 bits per heavy atom. The number of benzene rings is 1. The van der Waals surface area contributed by atoms with Crippen molar-refractivity contribution in [1.82, 2.24) is 9.97 Å². The number of rotatable bonds is 4. The molecule has 0 amide bonds. The van der Waals surface area contributed by atoms with Crippen molar-refractivity contribution < 1.29 is 9.13 Å². The number of anilines is 2. The van der Waals surface area contributed by atoms with E-state index in [9.17, 15) is 4.39 Å². The SMILES string of the molecule is C/C(=N\Nc1nc(C)cc(C)n1)c1ccc(N2CCOCC2)c(F)c1. The largest absolute Gasteiger partial charge is 0.378 e.